The van der Waals surface area contributed by atoms with Crippen LogP contribution in [0.5, 0.6) is 0 Å². The fourth-order valence-electron chi connectivity index (χ4n) is 8.23. The Balaban J connectivity index is 1.01. The Labute approximate surface area is 301 Å². The van der Waals surface area contributed by atoms with E-state index in [2.05, 4.69) is 25.8 Å². The smallest absolute Gasteiger partial charge is 0.220 e. The molecule has 3 aliphatic heterocycles. The summed E-state index contributed by atoms with van der Waals surface area (Å²) in [5.74, 6) is 1.91. The molecular weight excluding hydrogens is 673 g/mol. The van der Waals surface area contributed by atoms with Crippen molar-refractivity contribution in [2.24, 2.45) is 5.41 Å². The van der Waals surface area contributed by atoms with E-state index in [9.17, 15) is 9.59 Å². The predicted molar refractivity (Wildman–Crippen MR) is 195 cm³/mol. The number of halogens is 2. The van der Waals surface area contributed by atoms with Crippen LogP contribution in [0, 0.1) is 5.41 Å². The van der Waals surface area contributed by atoms with Gasteiger partial charge in [-0.15, -0.1) is 0 Å². The quantitative estimate of drug-likeness (QED) is 0.200. The zero-order valence-corrected chi connectivity index (χ0v) is 29.7. The van der Waals surface area contributed by atoms with E-state index in [0.717, 1.165) is 72.7 Å². The molecule has 0 radical (unpaired) electrons. The van der Waals surface area contributed by atoms with E-state index in [-0.39, 0.29) is 16.9 Å². The van der Waals surface area contributed by atoms with Crippen molar-refractivity contribution in [3.8, 4) is 33.6 Å². The third-order valence-electron chi connectivity index (χ3n) is 10.7. The van der Waals surface area contributed by atoms with Crippen LogP contribution >= 0.6 is 23.2 Å². The van der Waals surface area contributed by atoms with Crippen molar-refractivity contribution >= 4 is 46.5 Å². The summed E-state index contributed by atoms with van der Waals surface area (Å²) in [6.07, 6.45) is 7.42. The van der Waals surface area contributed by atoms with Gasteiger partial charge in [-0.1, -0.05) is 59.6 Å². The van der Waals surface area contributed by atoms with Gasteiger partial charge in [-0.3, -0.25) is 29.4 Å². The van der Waals surface area contributed by atoms with Gasteiger partial charge in [0.2, 0.25) is 5.91 Å². The first-order valence-corrected chi connectivity index (χ1v) is 17.9. The van der Waals surface area contributed by atoms with Gasteiger partial charge in [0.15, 0.2) is 0 Å². The molecule has 1 aliphatic carbocycles. The molecule has 8 rings (SSSR count). The molecule has 50 heavy (non-hydrogen) atoms. The number of amides is 1. The largest absolute Gasteiger partial charge is 0.372 e. The Morgan fingerprint density at radius 2 is 1.26 bits per heavy atom. The minimum Gasteiger partial charge on any atom is -0.372 e. The summed E-state index contributed by atoms with van der Waals surface area (Å²) in [6.45, 7) is 4.78. The summed E-state index contributed by atoms with van der Waals surface area (Å²) >= 11 is 14.2. The van der Waals surface area contributed by atoms with Crippen LogP contribution < -0.4 is 16.0 Å². The molecule has 0 unspecified atom stereocenters. The van der Waals surface area contributed by atoms with E-state index >= 15 is 0 Å². The maximum Gasteiger partial charge on any atom is 0.220 e. The van der Waals surface area contributed by atoms with E-state index in [1.54, 1.807) is 12.4 Å². The second-order valence-corrected chi connectivity index (χ2v) is 15.0. The molecule has 2 spiro atoms. The number of likely N-dealkylation sites (tertiary alicyclic amines) is 2. The lowest BCUT2D eigenvalue weighted by Gasteiger charge is -2.47. The normalized spacial score (nSPS) is 19.4. The number of benzene rings is 2. The van der Waals surface area contributed by atoms with Crippen molar-refractivity contribution in [2.45, 2.75) is 50.7 Å². The highest BCUT2D eigenvalue weighted by molar-refractivity contribution is 6.39. The summed E-state index contributed by atoms with van der Waals surface area (Å²) in [5, 5.41) is 10.6. The van der Waals surface area contributed by atoms with E-state index < -0.39 is 0 Å². The number of nitrogens with zero attached hydrogens (tertiary/aromatic N) is 6. The van der Waals surface area contributed by atoms with Crippen molar-refractivity contribution in [3.63, 3.8) is 0 Å². The lowest BCUT2D eigenvalue weighted by molar-refractivity contribution is -0.121. The summed E-state index contributed by atoms with van der Waals surface area (Å²) in [7, 11) is 3.68. The number of nitrogens with one attached hydrogen (secondary N) is 3. The Kier molecular flexibility index (Phi) is 8.49. The van der Waals surface area contributed by atoms with Crippen LogP contribution in [0.2, 0.25) is 10.0 Å². The van der Waals surface area contributed by atoms with E-state index in [4.69, 9.17) is 43.1 Å². The molecule has 258 valence electrons. The van der Waals surface area contributed by atoms with Crippen LogP contribution in [-0.4, -0.2) is 87.2 Å². The first-order chi connectivity index (χ1) is 24.2. The molecule has 2 aromatic carbocycles. The molecule has 0 bridgehead atoms. The van der Waals surface area contributed by atoms with Gasteiger partial charge in [-0.05, 0) is 12.8 Å². The van der Waals surface area contributed by atoms with Gasteiger partial charge in [0.25, 0.3) is 0 Å². The molecule has 0 atom stereocenters. The van der Waals surface area contributed by atoms with Gasteiger partial charge in [-0.2, -0.15) is 0 Å². The summed E-state index contributed by atoms with van der Waals surface area (Å²) in [4.78, 5) is 47.6. The first kappa shape index (κ1) is 33.0. The molecule has 3 N–H and O–H groups in total. The molecule has 4 fully saturated rings. The van der Waals surface area contributed by atoms with Crippen LogP contribution in [0.25, 0.3) is 33.6 Å². The fraction of sp³-hybridized carbons (Fsp3) is 0.405. The molecule has 2 aromatic heterocycles. The maximum atomic E-state index is 11.9. The number of ketones is 1. The van der Waals surface area contributed by atoms with Gasteiger partial charge < -0.3 is 16.0 Å². The Morgan fingerprint density at radius 3 is 1.72 bits per heavy atom. The number of aromatic nitrogens is 4. The van der Waals surface area contributed by atoms with Crippen LogP contribution in [0.1, 0.15) is 43.5 Å². The fourth-order valence-corrected chi connectivity index (χ4v) is 8.88. The predicted octanol–water partition coefficient (Wildman–Crippen LogP) is 5.68. The molecule has 13 heteroatoms. The van der Waals surface area contributed by atoms with Crippen molar-refractivity contribution in [1.82, 2.24) is 35.1 Å². The average Bonchev–Trinajstić information content (AvgIpc) is 3.68. The lowest BCUT2D eigenvalue weighted by atomic mass is 9.78. The number of hydrogen-bond donors (Lipinski definition) is 3. The first-order valence-electron chi connectivity index (χ1n) is 17.1. The highest BCUT2D eigenvalue weighted by Gasteiger charge is 2.48. The second kappa shape index (κ2) is 12.9. The van der Waals surface area contributed by atoms with Gasteiger partial charge in [0, 0.05) is 100 Å². The molecule has 4 aliphatic rings. The van der Waals surface area contributed by atoms with Crippen molar-refractivity contribution < 1.29 is 9.59 Å². The summed E-state index contributed by atoms with van der Waals surface area (Å²) in [6, 6.07) is 11.7. The SMILES string of the molecule is CNc1nc(-c2cccc(-c3cccc(-c4cnc(CN5CC6(CCC(=O)N6)C5)c(NC)n4)c3Cl)c2Cl)cnc1CN1CC2(CCC(=O)C2)C1. The third-order valence-corrected chi connectivity index (χ3v) is 11.5. The van der Waals surface area contributed by atoms with Crippen molar-refractivity contribution in [2.75, 3.05) is 50.9 Å². The molecule has 11 nitrogen and oxygen atoms in total. The molecular formula is C37H39Cl2N9O2. The van der Waals surface area contributed by atoms with E-state index in [1.807, 2.05) is 50.5 Å². The van der Waals surface area contributed by atoms with Crippen LogP contribution in [0.3, 0.4) is 0 Å². The summed E-state index contributed by atoms with van der Waals surface area (Å²) < 4.78 is 0. The number of Topliss-reactive ketones (excluding diaryl/α,β-unsaturated/α-hetero) is 1. The number of anilines is 2. The number of carbonyl (C=O) groups is 2. The van der Waals surface area contributed by atoms with Gasteiger partial charge >= 0.3 is 0 Å². The second-order valence-electron chi connectivity index (χ2n) is 14.3. The minimum atomic E-state index is -0.0843. The van der Waals surface area contributed by atoms with Crippen LogP contribution in [0.15, 0.2) is 48.8 Å². The molecule has 5 heterocycles. The summed E-state index contributed by atoms with van der Waals surface area (Å²) in [5.41, 5.74) is 6.12. The van der Waals surface area contributed by atoms with E-state index in [0.29, 0.717) is 71.2 Å². The molecule has 1 amide bonds. The Bertz CT molecular complexity index is 1870. The standard InChI is InChI=1S/C37H39Cl2N9O2/c1-40-34-29(16-47-18-36(19-47)11-9-22(49)13-36)42-14-27(44-34)25-7-3-5-23(32(25)38)24-6-4-8-26(33(24)39)28-15-43-30(35(41-2)45-28)17-48-20-37(21-48)12-10-31(50)46-37/h3-8,14-15H,9-13,16-21H2,1-2H3,(H,40,44)(H,41,45)(H,46,50). The number of hydrogen-bond acceptors (Lipinski definition) is 10. The van der Waals surface area contributed by atoms with Crippen molar-refractivity contribution in [1.29, 1.82) is 0 Å². The minimum absolute atomic E-state index is 0.0843. The highest BCUT2D eigenvalue weighted by Crippen LogP contribution is 2.45. The average molecular weight is 713 g/mol. The molecule has 4 aromatic rings. The Hall–Kier alpha value is -4.16. The van der Waals surface area contributed by atoms with Crippen molar-refractivity contribution in [3.05, 3.63) is 70.2 Å². The van der Waals surface area contributed by atoms with Gasteiger partial charge in [0.05, 0.1) is 50.8 Å². The number of rotatable bonds is 9. The monoisotopic (exact) mass is 711 g/mol. The third kappa shape index (κ3) is 6.00. The molecule has 3 saturated heterocycles. The number of carbonyl (C=O) groups excluding carboxylic acids is 2. The topological polar surface area (TPSA) is 128 Å². The van der Waals surface area contributed by atoms with E-state index in [1.165, 1.54) is 0 Å². The van der Waals surface area contributed by atoms with Crippen LogP contribution in [0.4, 0.5) is 11.6 Å². The Morgan fingerprint density at radius 1 is 0.740 bits per heavy atom. The maximum absolute atomic E-state index is 11.9. The van der Waals surface area contributed by atoms with Gasteiger partial charge in [0.1, 0.15) is 17.4 Å². The highest BCUT2D eigenvalue weighted by atomic mass is 35.5. The lowest BCUT2D eigenvalue weighted by Crippen LogP contribution is -2.66. The van der Waals surface area contributed by atoms with Crippen LogP contribution in [-0.2, 0) is 22.7 Å². The zero-order chi connectivity index (χ0) is 34.6. The molecule has 1 saturated carbocycles. The zero-order valence-electron chi connectivity index (χ0n) is 28.2. The van der Waals surface area contributed by atoms with Gasteiger partial charge in [-0.25, -0.2) is 9.97 Å².